The zero-order chi connectivity index (χ0) is 14.1. The minimum atomic E-state index is -1.02. The molecule has 1 fully saturated rings. The molecule has 110 valence electrons. The molecule has 1 aliphatic rings. The molecule has 1 heterocycles. The Bertz CT molecular complexity index is 293. The predicted molar refractivity (Wildman–Crippen MR) is 69.6 cm³/mol. The van der Waals surface area contributed by atoms with Crippen molar-refractivity contribution in [1.29, 1.82) is 0 Å². The van der Waals surface area contributed by atoms with Crippen molar-refractivity contribution in [3.63, 3.8) is 0 Å². The van der Waals surface area contributed by atoms with Gasteiger partial charge in [-0.05, 0) is 25.7 Å². The van der Waals surface area contributed by atoms with Crippen LogP contribution in [0.5, 0.6) is 0 Å². The van der Waals surface area contributed by atoms with Gasteiger partial charge in [-0.25, -0.2) is 14.6 Å². The molecule has 3 N–H and O–H groups in total. The molecule has 1 atom stereocenters. The smallest absolute Gasteiger partial charge is 0.330 e. The first-order valence-electron chi connectivity index (χ1n) is 6.67. The fraction of sp³-hybridized carbons (Fsp3) is 0.833. The summed E-state index contributed by atoms with van der Waals surface area (Å²) in [6.07, 6.45) is 4.23. The van der Waals surface area contributed by atoms with Crippen LogP contribution in [0, 0.1) is 0 Å². The molecule has 1 aliphatic heterocycles. The number of carbonyl (C=O) groups is 2. The van der Waals surface area contributed by atoms with Crippen molar-refractivity contribution in [2.45, 2.75) is 38.1 Å². The third-order valence-electron chi connectivity index (χ3n) is 3.06. The number of ether oxygens (including phenoxy) is 1. The highest BCUT2D eigenvalue weighted by Crippen LogP contribution is 2.05. The number of rotatable bonds is 7. The summed E-state index contributed by atoms with van der Waals surface area (Å²) in [5.41, 5.74) is 2.68. The summed E-state index contributed by atoms with van der Waals surface area (Å²) in [5.74, 6) is -1.02. The normalized spacial score (nSPS) is 17.7. The van der Waals surface area contributed by atoms with E-state index in [4.69, 9.17) is 9.84 Å². The number of aliphatic carboxylic acids is 1. The third kappa shape index (κ3) is 6.40. The molecule has 19 heavy (non-hydrogen) atoms. The van der Waals surface area contributed by atoms with Crippen LogP contribution in [0.25, 0.3) is 0 Å². The third-order valence-corrected chi connectivity index (χ3v) is 3.06. The number of nitrogens with one attached hydrogen (secondary N) is 2. The van der Waals surface area contributed by atoms with Gasteiger partial charge in [0.15, 0.2) is 0 Å². The quantitative estimate of drug-likeness (QED) is 0.590. The summed E-state index contributed by atoms with van der Waals surface area (Å²) in [6.45, 7) is 2.11. The van der Waals surface area contributed by atoms with E-state index in [-0.39, 0.29) is 0 Å². The van der Waals surface area contributed by atoms with Gasteiger partial charge in [0.2, 0.25) is 0 Å². The molecule has 0 radical (unpaired) electrons. The first-order chi connectivity index (χ1) is 9.13. The van der Waals surface area contributed by atoms with Crippen LogP contribution in [-0.2, 0) is 9.53 Å². The number of amides is 2. The van der Waals surface area contributed by atoms with Gasteiger partial charge >= 0.3 is 12.0 Å². The van der Waals surface area contributed by atoms with E-state index in [1.54, 1.807) is 7.11 Å². The van der Waals surface area contributed by atoms with Crippen LogP contribution in [0.1, 0.15) is 32.1 Å². The Morgan fingerprint density at radius 2 is 2.00 bits per heavy atom. The molecule has 0 saturated carbocycles. The molecule has 7 heteroatoms. The molecule has 2 amide bonds. The second-order valence-corrected chi connectivity index (χ2v) is 4.66. The Hall–Kier alpha value is -1.34. The number of piperidine rings is 1. The molecule has 0 spiro atoms. The highest BCUT2D eigenvalue weighted by Gasteiger charge is 2.21. The summed E-state index contributed by atoms with van der Waals surface area (Å²) in [4.78, 5) is 22.7. The number of hydrogen-bond donors (Lipinski definition) is 3. The van der Waals surface area contributed by atoms with Crippen molar-refractivity contribution in [1.82, 2.24) is 15.8 Å². The van der Waals surface area contributed by atoms with Gasteiger partial charge in [-0.15, -0.1) is 0 Å². The topological polar surface area (TPSA) is 90.9 Å². The van der Waals surface area contributed by atoms with Crippen LogP contribution in [0.15, 0.2) is 0 Å². The number of carboxylic acids is 1. The summed E-state index contributed by atoms with van der Waals surface area (Å²) < 4.78 is 4.87. The number of carbonyl (C=O) groups excluding carboxylic acids is 1. The molecule has 0 aromatic heterocycles. The largest absolute Gasteiger partial charge is 0.480 e. The molecule has 0 bridgehead atoms. The lowest BCUT2D eigenvalue weighted by molar-refractivity contribution is -0.139. The average molecular weight is 273 g/mol. The van der Waals surface area contributed by atoms with Crippen LogP contribution in [0.4, 0.5) is 4.79 Å². The second kappa shape index (κ2) is 8.71. The Labute approximate surface area is 113 Å². The standard InChI is InChI=1S/C12H23N3O4/c1-19-9-5-6-10(11(16)17)13-12(18)14-15-7-3-2-4-8-15/h10H,2-9H2,1H3,(H,16,17)(H2,13,14,18). The van der Waals surface area contributed by atoms with E-state index in [0.29, 0.717) is 19.4 Å². The van der Waals surface area contributed by atoms with Gasteiger partial charge < -0.3 is 15.2 Å². The summed E-state index contributed by atoms with van der Waals surface area (Å²) in [6, 6.07) is -1.33. The minimum Gasteiger partial charge on any atom is -0.480 e. The molecule has 0 aromatic rings. The molecule has 1 saturated heterocycles. The molecule has 1 unspecified atom stereocenters. The van der Waals surface area contributed by atoms with Gasteiger partial charge in [0.1, 0.15) is 6.04 Å². The van der Waals surface area contributed by atoms with Crippen LogP contribution < -0.4 is 10.7 Å². The number of nitrogens with zero attached hydrogens (tertiary/aromatic N) is 1. The fourth-order valence-electron chi connectivity index (χ4n) is 2.03. The Morgan fingerprint density at radius 1 is 1.32 bits per heavy atom. The van der Waals surface area contributed by atoms with Crippen LogP contribution >= 0.6 is 0 Å². The van der Waals surface area contributed by atoms with Crippen molar-refractivity contribution >= 4 is 12.0 Å². The summed E-state index contributed by atoms with van der Waals surface area (Å²) in [5, 5.41) is 13.3. The van der Waals surface area contributed by atoms with Crippen LogP contribution in [-0.4, -0.2) is 55.0 Å². The SMILES string of the molecule is COCCCC(NC(=O)NN1CCCCC1)C(=O)O. The van der Waals surface area contributed by atoms with Gasteiger partial charge in [0.25, 0.3) is 0 Å². The molecule has 7 nitrogen and oxygen atoms in total. The maximum absolute atomic E-state index is 11.7. The van der Waals surface area contributed by atoms with Gasteiger partial charge in [-0.2, -0.15) is 0 Å². The van der Waals surface area contributed by atoms with E-state index in [0.717, 1.165) is 25.9 Å². The second-order valence-electron chi connectivity index (χ2n) is 4.66. The lowest BCUT2D eigenvalue weighted by Gasteiger charge is -2.27. The van der Waals surface area contributed by atoms with E-state index in [1.165, 1.54) is 6.42 Å². The van der Waals surface area contributed by atoms with E-state index in [9.17, 15) is 9.59 Å². The van der Waals surface area contributed by atoms with Crippen molar-refractivity contribution in [3.8, 4) is 0 Å². The Balaban J connectivity index is 2.31. The van der Waals surface area contributed by atoms with Crippen molar-refractivity contribution in [3.05, 3.63) is 0 Å². The van der Waals surface area contributed by atoms with Gasteiger partial charge in [0.05, 0.1) is 0 Å². The molecule has 0 aromatic carbocycles. The summed E-state index contributed by atoms with van der Waals surface area (Å²) >= 11 is 0. The van der Waals surface area contributed by atoms with Crippen LogP contribution in [0.3, 0.4) is 0 Å². The molecular weight excluding hydrogens is 250 g/mol. The number of hydrazine groups is 1. The monoisotopic (exact) mass is 273 g/mol. The van der Waals surface area contributed by atoms with Crippen LogP contribution in [0.2, 0.25) is 0 Å². The number of urea groups is 1. The Kier molecular flexibility index (Phi) is 7.20. The highest BCUT2D eigenvalue weighted by molar-refractivity contribution is 5.82. The fourth-order valence-corrected chi connectivity index (χ4v) is 2.03. The zero-order valence-corrected chi connectivity index (χ0v) is 11.4. The minimum absolute atomic E-state index is 0.358. The van der Waals surface area contributed by atoms with Crippen molar-refractivity contribution < 1.29 is 19.4 Å². The first-order valence-corrected chi connectivity index (χ1v) is 6.67. The number of carboxylic acid groups (broad SMARTS) is 1. The van der Waals surface area contributed by atoms with E-state index in [2.05, 4.69) is 10.7 Å². The van der Waals surface area contributed by atoms with E-state index in [1.807, 2.05) is 5.01 Å². The predicted octanol–water partition coefficient (Wildman–Crippen LogP) is 0.566. The van der Waals surface area contributed by atoms with Crippen molar-refractivity contribution in [2.24, 2.45) is 0 Å². The molecule has 0 aliphatic carbocycles. The van der Waals surface area contributed by atoms with Crippen molar-refractivity contribution in [2.75, 3.05) is 26.8 Å². The molecule has 1 rings (SSSR count). The zero-order valence-electron chi connectivity index (χ0n) is 11.4. The van der Waals surface area contributed by atoms with Gasteiger partial charge in [-0.3, -0.25) is 5.43 Å². The number of hydrogen-bond acceptors (Lipinski definition) is 4. The average Bonchev–Trinajstić information content (AvgIpc) is 2.38. The molecular formula is C12H23N3O4. The number of methoxy groups -OCH3 is 1. The lowest BCUT2D eigenvalue weighted by Crippen LogP contribution is -2.53. The maximum Gasteiger partial charge on any atom is 0.330 e. The van der Waals surface area contributed by atoms with E-state index >= 15 is 0 Å². The summed E-state index contributed by atoms with van der Waals surface area (Å²) in [7, 11) is 1.56. The maximum atomic E-state index is 11.7. The highest BCUT2D eigenvalue weighted by atomic mass is 16.5. The first kappa shape index (κ1) is 15.7. The Morgan fingerprint density at radius 3 is 2.58 bits per heavy atom. The van der Waals surface area contributed by atoms with E-state index < -0.39 is 18.0 Å². The lowest BCUT2D eigenvalue weighted by atomic mass is 10.1. The van der Waals surface area contributed by atoms with Gasteiger partial charge in [-0.1, -0.05) is 6.42 Å². The van der Waals surface area contributed by atoms with Gasteiger partial charge in [0, 0.05) is 26.8 Å².